The third-order valence-electron chi connectivity index (χ3n) is 3.66. The predicted octanol–water partition coefficient (Wildman–Crippen LogP) is 4.88. The summed E-state index contributed by atoms with van der Waals surface area (Å²) in [7, 11) is 0. The van der Waals surface area contributed by atoms with Crippen LogP contribution < -0.4 is 0 Å². The minimum atomic E-state index is 0.0862. The van der Waals surface area contributed by atoms with E-state index in [9.17, 15) is 4.79 Å². The average molecular weight is 264 g/mol. The van der Waals surface area contributed by atoms with E-state index in [0.29, 0.717) is 0 Å². The SMILES string of the molecule is C=C(C)c1c(C)cc(C)c(C(=O)c2ccccc2)c1C. The number of allylic oxidation sites excluding steroid dienone is 1. The van der Waals surface area contributed by atoms with Crippen LogP contribution in [0.5, 0.6) is 0 Å². The molecule has 1 nitrogen and oxygen atoms in total. The Morgan fingerprint density at radius 2 is 1.50 bits per heavy atom. The molecule has 0 amide bonds. The van der Waals surface area contributed by atoms with Gasteiger partial charge in [0.1, 0.15) is 0 Å². The highest BCUT2D eigenvalue weighted by Crippen LogP contribution is 2.28. The van der Waals surface area contributed by atoms with E-state index in [0.717, 1.165) is 33.4 Å². The van der Waals surface area contributed by atoms with Gasteiger partial charge in [-0.15, -0.1) is 0 Å². The molecular formula is C19H20O. The Bertz CT molecular complexity index is 679. The zero-order valence-corrected chi connectivity index (χ0v) is 12.6. The van der Waals surface area contributed by atoms with Crippen molar-refractivity contribution in [3.05, 3.63) is 76.4 Å². The van der Waals surface area contributed by atoms with Gasteiger partial charge < -0.3 is 0 Å². The third kappa shape index (κ3) is 2.44. The van der Waals surface area contributed by atoms with Gasteiger partial charge in [0.2, 0.25) is 0 Å². The maximum absolute atomic E-state index is 12.7. The molecule has 102 valence electrons. The van der Waals surface area contributed by atoms with E-state index in [4.69, 9.17) is 0 Å². The largest absolute Gasteiger partial charge is 0.289 e. The first-order chi connectivity index (χ1) is 9.43. The molecule has 2 aromatic rings. The van der Waals surface area contributed by atoms with Crippen LogP contribution in [0.2, 0.25) is 0 Å². The van der Waals surface area contributed by atoms with E-state index in [1.165, 1.54) is 5.56 Å². The third-order valence-corrected chi connectivity index (χ3v) is 3.66. The molecule has 0 bridgehead atoms. The van der Waals surface area contributed by atoms with E-state index < -0.39 is 0 Å². The summed E-state index contributed by atoms with van der Waals surface area (Å²) >= 11 is 0. The van der Waals surface area contributed by atoms with Crippen molar-refractivity contribution in [3.8, 4) is 0 Å². The quantitative estimate of drug-likeness (QED) is 0.722. The van der Waals surface area contributed by atoms with E-state index in [1.54, 1.807) is 0 Å². The molecule has 2 rings (SSSR count). The van der Waals surface area contributed by atoms with Crippen molar-refractivity contribution in [3.63, 3.8) is 0 Å². The molecule has 0 unspecified atom stereocenters. The number of benzene rings is 2. The maximum atomic E-state index is 12.7. The molecule has 0 aliphatic heterocycles. The first kappa shape index (κ1) is 14.3. The van der Waals surface area contributed by atoms with Gasteiger partial charge in [0.25, 0.3) is 0 Å². The summed E-state index contributed by atoms with van der Waals surface area (Å²) < 4.78 is 0. The number of rotatable bonds is 3. The van der Waals surface area contributed by atoms with Crippen LogP contribution in [0.15, 0.2) is 43.0 Å². The van der Waals surface area contributed by atoms with Gasteiger partial charge in [-0.1, -0.05) is 48.6 Å². The second kappa shape index (κ2) is 5.46. The van der Waals surface area contributed by atoms with Crippen molar-refractivity contribution in [2.45, 2.75) is 27.7 Å². The molecule has 0 aliphatic rings. The Morgan fingerprint density at radius 1 is 0.950 bits per heavy atom. The first-order valence-corrected chi connectivity index (χ1v) is 6.80. The Morgan fingerprint density at radius 3 is 2.05 bits per heavy atom. The average Bonchev–Trinajstić information content (AvgIpc) is 2.38. The normalized spacial score (nSPS) is 10.4. The summed E-state index contributed by atoms with van der Waals surface area (Å²) in [6.45, 7) is 12.1. The molecule has 0 fully saturated rings. The van der Waals surface area contributed by atoms with Crippen LogP contribution >= 0.6 is 0 Å². The zero-order chi connectivity index (χ0) is 14.9. The van der Waals surface area contributed by atoms with E-state index in [2.05, 4.69) is 19.6 Å². The van der Waals surface area contributed by atoms with Crippen LogP contribution in [0, 0.1) is 20.8 Å². The Hall–Kier alpha value is -2.15. The lowest BCUT2D eigenvalue weighted by Crippen LogP contribution is -2.09. The lowest BCUT2D eigenvalue weighted by Gasteiger charge is -2.16. The van der Waals surface area contributed by atoms with Gasteiger partial charge in [-0.05, 0) is 49.9 Å². The molecule has 0 N–H and O–H groups in total. The second-order valence-corrected chi connectivity index (χ2v) is 5.36. The van der Waals surface area contributed by atoms with Crippen LogP contribution in [0.25, 0.3) is 5.57 Å². The van der Waals surface area contributed by atoms with Gasteiger partial charge in [0, 0.05) is 11.1 Å². The van der Waals surface area contributed by atoms with Gasteiger partial charge in [-0.2, -0.15) is 0 Å². The number of carbonyl (C=O) groups is 1. The molecule has 0 atom stereocenters. The summed E-state index contributed by atoms with van der Waals surface area (Å²) in [6.07, 6.45) is 0. The van der Waals surface area contributed by atoms with Gasteiger partial charge in [-0.25, -0.2) is 0 Å². The smallest absolute Gasteiger partial charge is 0.193 e. The molecule has 2 aromatic carbocycles. The van der Waals surface area contributed by atoms with Crippen LogP contribution in [0.3, 0.4) is 0 Å². The molecule has 0 heterocycles. The predicted molar refractivity (Wildman–Crippen MR) is 85.2 cm³/mol. The Balaban J connectivity index is 2.66. The van der Waals surface area contributed by atoms with Crippen LogP contribution in [-0.4, -0.2) is 5.78 Å². The van der Waals surface area contributed by atoms with Crippen molar-refractivity contribution >= 4 is 11.4 Å². The van der Waals surface area contributed by atoms with Crippen molar-refractivity contribution in [1.29, 1.82) is 0 Å². The second-order valence-electron chi connectivity index (χ2n) is 5.36. The number of hydrogen-bond donors (Lipinski definition) is 0. The molecule has 0 aromatic heterocycles. The summed E-state index contributed by atoms with van der Waals surface area (Å²) in [5.74, 6) is 0.0862. The topological polar surface area (TPSA) is 17.1 Å². The number of ketones is 1. The van der Waals surface area contributed by atoms with Crippen LogP contribution in [-0.2, 0) is 0 Å². The van der Waals surface area contributed by atoms with Gasteiger partial charge in [0.05, 0.1) is 0 Å². The molecule has 1 heteroatoms. The highest BCUT2D eigenvalue weighted by atomic mass is 16.1. The van der Waals surface area contributed by atoms with Crippen LogP contribution in [0.1, 0.15) is 45.1 Å². The van der Waals surface area contributed by atoms with Crippen molar-refractivity contribution in [2.75, 3.05) is 0 Å². The Kier molecular flexibility index (Phi) is 3.89. The maximum Gasteiger partial charge on any atom is 0.193 e. The summed E-state index contributed by atoms with van der Waals surface area (Å²) in [5.41, 5.74) is 6.88. The van der Waals surface area contributed by atoms with Gasteiger partial charge in [-0.3, -0.25) is 4.79 Å². The summed E-state index contributed by atoms with van der Waals surface area (Å²) in [5, 5.41) is 0. The van der Waals surface area contributed by atoms with Crippen molar-refractivity contribution < 1.29 is 4.79 Å². The van der Waals surface area contributed by atoms with E-state index >= 15 is 0 Å². The summed E-state index contributed by atoms with van der Waals surface area (Å²) in [4.78, 5) is 12.7. The van der Waals surface area contributed by atoms with Crippen LogP contribution in [0.4, 0.5) is 0 Å². The summed E-state index contributed by atoms with van der Waals surface area (Å²) in [6, 6.07) is 11.5. The lowest BCUT2D eigenvalue weighted by atomic mass is 9.87. The van der Waals surface area contributed by atoms with E-state index in [-0.39, 0.29) is 5.78 Å². The zero-order valence-electron chi connectivity index (χ0n) is 12.6. The minimum absolute atomic E-state index is 0.0862. The van der Waals surface area contributed by atoms with Gasteiger partial charge >= 0.3 is 0 Å². The highest BCUT2D eigenvalue weighted by molar-refractivity contribution is 6.11. The molecule has 20 heavy (non-hydrogen) atoms. The minimum Gasteiger partial charge on any atom is -0.289 e. The molecule has 0 saturated heterocycles. The molecule has 0 radical (unpaired) electrons. The monoisotopic (exact) mass is 264 g/mol. The first-order valence-electron chi connectivity index (χ1n) is 6.80. The fraction of sp³-hybridized carbons (Fsp3) is 0.211. The van der Waals surface area contributed by atoms with Crippen molar-refractivity contribution in [2.24, 2.45) is 0 Å². The molecular weight excluding hydrogens is 244 g/mol. The molecule has 0 spiro atoms. The number of hydrogen-bond acceptors (Lipinski definition) is 1. The standard InChI is InChI=1S/C19H20O/c1-12(2)17-13(3)11-14(4)18(15(17)5)19(20)16-9-7-6-8-10-16/h6-11H,1H2,2-5H3. The van der Waals surface area contributed by atoms with E-state index in [1.807, 2.05) is 51.1 Å². The fourth-order valence-electron chi connectivity index (χ4n) is 2.93. The lowest BCUT2D eigenvalue weighted by molar-refractivity contribution is 0.103. The van der Waals surface area contributed by atoms with Gasteiger partial charge in [0.15, 0.2) is 5.78 Å². The Labute approximate surface area is 121 Å². The fourth-order valence-corrected chi connectivity index (χ4v) is 2.93. The molecule has 0 saturated carbocycles. The number of aryl methyl sites for hydroxylation is 2. The molecule has 0 aliphatic carbocycles. The highest BCUT2D eigenvalue weighted by Gasteiger charge is 2.18. The van der Waals surface area contributed by atoms with Crippen molar-refractivity contribution in [1.82, 2.24) is 0 Å². The number of carbonyl (C=O) groups excluding carboxylic acids is 1.